The van der Waals surface area contributed by atoms with E-state index in [4.69, 9.17) is 0 Å². The Hall–Kier alpha value is -1.57. The lowest BCUT2D eigenvalue weighted by Crippen LogP contribution is -2.40. The topological polar surface area (TPSA) is 15.6 Å². The quantitative estimate of drug-likeness (QED) is 0.523. The lowest BCUT2D eigenvalue weighted by Gasteiger charge is -2.38. The number of aliphatic imine (C=N–C) groups is 1. The molecular formula is C14H20N2. The highest BCUT2D eigenvalue weighted by atomic mass is 15.1. The Bertz CT molecular complexity index is 372. The van der Waals surface area contributed by atoms with Gasteiger partial charge in [-0.15, -0.1) is 0 Å². The molecule has 0 N–H and O–H groups in total. The minimum Gasteiger partial charge on any atom is -0.368 e. The van der Waals surface area contributed by atoms with Gasteiger partial charge in [0, 0.05) is 20.3 Å². The summed E-state index contributed by atoms with van der Waals surface area (Å²) in [5.74, 6) is 0. The van der Waals surface area contributed by atoms with Crippen molar-refractivity contribution in [3.63, 3.8) is 0 Å². The summed E-state index contributed by atoms with van der Waals surface area (Å²) in [5, 5.41) is 0. The molecule has 0 aromatic rings. The van der Waals surface area contributed by atoms with Gasteiger partial charge in [-0.3, -0.25) is 4.99 Å². The third-order valence-corrected chi connectivity index (χ3v) is 3.07. The van der Waals surface area contributed by atoms with Crippen LogP contribution in [0.5, 0.6) is 0 Å². The Balaban J connectivity index is 2.83. The second-order valence-electron chi connectivity index (χ2n) is 4.10. The summed E-state index contributed by atoms with van der Waals surface area (Å²) in [6.45, 7) is 4.36. The fourth-order valence-corrected chi connectivity index (χ4v) is 1.61. The molecule has 1 rings (SSSR count). The van der Waals surface area contributed by atoms with Crippen molar-refractivity contribution in [2.75, 3.05) is 14.1 Å². The van der Waals surface area contributed by atoms with Crippen LogP contribution in [0.25, 0.3) is 0 Å². The zero-order chi connectivity index (χ0) is 12.0. The SMILES string of the molecule is CN=C/C=C\C=C(/C)C1(C)C=CC=CN1C. The van der Waals surface area contributed by atoms with E-state index in [-0.39, 0.29) is 5.54 Å². The molecule has 1 aliphatic heterocycles. The third-order valence-electron chi connectivity index (χ3n) is 3.07. The van der Waals surface area contributed by atoms with Crippen LogP contribution in [-0.4, -0.2) is 30.7 Å². The van der Waals surface area contributed by atoms with Crippen molar-refractivity contribution in [1.29, 1.82) is 0 Å². The molecule has 0 aromatic heterocycles. The van der Waals surface area contributed by atoms with Crippen molar-refractivity contribution in [3.8, 4) is 0 Å². The largest absolute Gasteiger partial charge is 0.368 e. The van der Waals surface area contributed by atoms with Gasteiger partial charge in [-0.1, -0.05) is 24.3 Å². The molecule has 1 atom stereocenters. The standard InChI is InChI=1S/C14H20N2/c1-13(9-5-7-11-15-3)14(2)10-6-8-12-16(14)4/h5-12H,1-4H3/b7-5-,13-9+,15-11?. The second kappa shape index (κ2) is 5.50. The molecular weight excluding hydrogens is 196 g/mol. The summed E-state index contributed by atoms with van der Waals surface area (Å²) < 4.78 is 0. The van der Waals surface area contributed by atoms with Crippen LogP contribution in [-0.2, 0) is 0 Å². The van der Waals surface area contributed by atoms with Gasteiger partial charge in [0.2, 0.25) is 0 Å². The minimum atomic E-state index is -0.0253. The van der Waals surface area contributed by atoms with Crippen LogP contribution in [0.2, 0.25) is 0 Å². The Kier molecular flexibility index (Phi) is 4.29. The van der Waals surface area contributed by atoms with Gasteiger partial charge >= 0.3 is 0 Å². The van der Waals surface area contributed by atoms with Crippen molar-refractivity contribution in [2.45, 2.75) is 19.4 Å². The van der Waals surface area contributed by atoms with Crippen LogP contribution in [0.3, 0.4) is 0 Å². The Morgan fingerprint density at radius 1 is 1.31 bits per heavy atom. The van der Waals surface area contributed by atoms with Crippen molar-refractivity contribution in [3.05, 3.63) is 48.2 Å². The molecule has 1 aliphatic rings. The highest BCUT2D eigenvalue weighted by Gasteiger charge is 2.26. The molecule has 1 heterocycles. The number of nitrogens with zero attached hydrogens (tertiary/aromatic N) is 2. The monoisotopic (exact) mass is 216 g/mol. The van der Waals surface area contributed by atoms with Crippen molar-refractivity contribution < 1.29 is 0 Å². The molecule has 86 valence electrons. The predicted octanol–water partition coefficient (Wildman–Crippen LogP) is 2.96. The maximum atomic E-state index is 3.90. The molecule has 0 amide bonds. The molecule has 2 nitrogen and oxygen atoms in total. The summed E-state index contributed by atoms with van der Waals surface area (Å²) in [5.41, 5.74) is 1.28. The average Bonchev–Trinajstić information content (AvgIpc) is 2.28. The third kappa shape index (κ3) is 2.72. The highest BCUT2D eigenvalue weighted by Crippen LogP contribution is 2.27. The zero-order valence-corrected chi connectivity index (χ0v) is 10.5. The zero-order valence-electron chi connectivity index (χ0n) is 10.5. The summed E-state index contributed by atoms with van der Waals surface area (Å²) in [6, 6.07) is 0. The minimum absolute atomic E-state index is 0.0253. The first kappa shape index (κ1) is 12.5. The summed E-state index contributed by atoms with van der Waals surface area (Å²) >= 11 is 0. The van der Waals surface area contributed by atoms with E-state index >= 15 is 0 Å². The predicted molar refractivity (Wildman–Crippen MR) is 71.8 cm³/mol. The lowest BCUT2D eigenvalue weighted by atomic mass is 9.89. The van der Waals surface area contributed by atoms with Gasteiger partial charge in [0.1, 0.15) is 0 Å². The number of allylic oxidation sites excluding steroid dienone is 5. The van der Waals surface area contributed by atoms with Crippen LogP contribution < -0.4 is 0 Å². The van der Waals surface area contributed by atoms with E-state index < -0.39 is 0 Å². The van der Waals surface area contributed by atoms with E-state index in [1.54, 1.807) is 13.3 Å². The van der Waals surface area contributed by atoms with Crippen molar-refractivity contribution in [2.24, 2.45) is 4.99 Å². The van der Waals surface area contributed by atoms with Crippen molar-refractivity contribution >= 4 is 6.21 Å². The van der Waals surface area contributed by atoms with Gasteiger partial charge in [0.15, 0.2) is 0 Å². The van der Waals surface area contributed by atoms with Gasteiger partial charge in [-0.05, 0) is 37.8 Å². The summed E-state index contributed by atoms with van der Waals surface area (Å²) in [4.78, 5) is 6.11. The first-order valence-electron chi connectivity index (χ1n) is 5.46. The second-order valence-corrected chi connectivity index (χ2v) is 4.10. The molecule has 0 aromatic carbocycles. The van der Waals surface area contributed by atoms with Gasteiger partial charge in [0.05, 0.1) is 5.54 Å². The van der Waals surface area contributed by atoms with Crippen LogP contribution in [0.15, 0.2) is 53.2 Å². The normalized spacial score (nSPS) is 26.2. The van der Waals surface area contributed by atoms with Crippen LogP contribution in [0, 0.1) is 0 Å². The molecule has 0 aliphatic carbocycles. The van der Waals surface area contributed by atoms with Crippen LogP contribution >= 0.6 is 0 Å². The molecule has 2 heteroatoms. The summed E-state index contributed by atoms with van der Waals surface area (Å²) in [7, 11) is 3.86. The van der Waals surface area contributed by atoms with Crippen LogP contribution in [0.1, 0.15) is 13.8 Å². The molecule has 0 radical (unpaired) electrons. The Labute approximate surface area is 98.4 Å². The fourth-order valence-electron chi connectivity index (χ4n) is 1.61. The Morgan fingerprint density at radius 3 is 2.69 bits per heavy atom. The summed E-state index contributed by atoms with van der Waals surface area (Å²) in [6.07, 6.45) is 16.3. The molecule has 0 saturated carbocycles. The highest BCUT2D eigenvalue weighted by molar-refractivity contribution is 5.71. The van der Waals surface area contributed by atoms with Gasteiger partial charge in [0.25, 0.3) is 0 Å². The smallest absolute Gasteiger partial charge is 0.0763 e. The molecule has 0 fully saturated rings. The van der Waals surface area contributed by atoms with Gasteiger partial charge < -0.3 is 4.90 Å². The van der Waals surface area contributed by atoms with E-state index in [2.05, 4.69) is 61.3 Å². The lowest BCUT2D eigenvalue weighted by molar-refractivity contribution is 0.301. The Morgan fingerprint density at radius 2 is 2.06 bits per heavy atom. The van der Waals surface area contributed by atoms with Crippen LogP contribution in [0.4, 0.5) is 0 Å². The molecule has 0 saturated heterocycles. The van der Waals surface area contributed by atoms with Gasteiger partial charge in [-0.25, -0.2) is 0 Å². The molecule has 0 spiro atoms. The van der Waals surface area contributed by atoms with E-state index in [0.29, 0.717) is 0 Å². The maximum absolute atomic E-state index is 3.90. The number of rotatable bonds is 3. The van der Waals surface area contributed by atoms with E-state index in [1.165, 1.54) is 5.57 Å². The number of likely N-dealkylation sites (N-methyl/N-ethyl adjacent to an activating group) is 1. The first-order valence-corrected chi connectivity index (χ1v) is 5.46. The molecule has 16 heavy (non-hydrogen) atoms. The van der Waals surface area contributed by atoms with Gasteiger partial charge in [-0.2, -0.15) is 0 Å². The number of hydrogen-bond acceptors (Lipinski definition) is 2. The van der Waals surface area contributed by atoms with E-state index in [9.17, 15) is 0 Å². The fraction of sp³-hybridized carbons (Fsp3) is 0.357. The number of hydrogen-bond donors (Lipinski definition) is 0. The van der Waals surface area contributed by atoms with Crippen molar-refractivity contribution in [1.82, 2.24) is 4.90 Å². The average molecular weight is 216 g/mol. The van der Waals surface area contributed by atoms with E-state index in [1.807, 2.05) is 12.2 Å². The maximum Gasteiger partial charge on any atom is 0.0763 e. The van der Waals surface area contributed by atoms with E-state index in [0.717, 1.165) is 0 Å². The first-order chi connectivity index (χ1) is 7.61. The molecule has 1 unspecified atom stereocenters. The molecule has 0 bridgehead atoms.